The number of likely N-dealkylation sites (tertiary alicyclic amines) is 1. The molecule has 0 bridgehead atoms. The zero-order chi connectivity index (χ0) is 40.5. The summed E-state index contributed by atoms with van der Waals surface area (Å²) < 4.78 is 1.51. The van der Waals surface area contributed by atoms with Crippen molar-refractivity contribution in [2.75, 3.05) is 60.9 Å². The maximum absolute atomic E-state index is 12.8. The molecule has 12 nitrogen and oxygen atoms in total. The van der Waals surface area contributed by atoms with Crippen molar-refractivity contribution >= 4 is 46.0 Å². The number of hydrogen-bond acceptors (Lipinski definition) is 10. The average molecular weight is 825 g/mol. The van der Waals surface area contributed by atoms with Gasteiger partial charge in [-0.05, 0) is 110 Å². The van der Waals surface area contributed by atoms with Crippen molar-refractivity contribution < 1.29 is 70.9 Å². The number of benzene rings is 3. The minimum atomic E-state index is -0.861. The monoisotopic (exact) mass is 823 g/mol. The van der Waals surface area contributed by atoms with Crippen molar-refractivity contribution in [2.24, 2.45) is 5.92 Å². The smallest absolute Gasteiger partial charge is 0.587 e. The number of carbonyl (C=O) groups is 2. The molecule has 1 atom stereocenters. The zero-order valence-electron chi connectivity index (χ0n) is 34.2. The summed E-state index contributed by atoms with van der Waals surface area (Å²) in [7, 11) is 7.92. The van der Waals surface area contributed by atoms with Crippen LogP contribution in [0.3, 0.4) is 0 Å². The fourth-order valence-corrected chi connectivity index (χ4v) is 6.57. The van der Waals surface area contributed by atoms with Crippen LogP contribution in [0.5, 0.6) is 5.75 Å². The number of hydrogen-bond donors (Lipinski definition) is 2. The second-order valence-corrected chi connectivity index (χ2v) is 15.0. The van der Waals surface area contributed by atoms with Gasteiger partial charge < -0.3 is 35.3 Å². The third-order valence-electron chi connectivity index (χ3n) is 9.57. The number of aryl methyl sites for hydroxylation is 1. The first-order valence-corrected chi connectivity index (χ1v) is 19.4. The molecule has 57 heavy (non-hydrogen) atoms. The Morgan fingerprint density at radius 2 is 1.75 bits per heavy atom. The number of likely N-dealkylation sites (N-methyl/N-ethyl adjacent to an activating group) is 1. The maximum Gasteiger partial charge on any atom is 1.00 e. The number of aldehydes is 2. The summed E-state index contributed by atoms with van der Waals surface area (Å²) in [5.74, 6) is 0.723. The molecule has 1 unspecified atom stereocenters. The molecule has 2 aromatic heterocycles. The molecule has 3 aromatic carbocycles. The molecule has 2 N–H and O–H groups in total. The number of piperidine rings is 1. The molecule has 0 amide bonds. The number of rotatable bonds is 15. The van der Waals surface area contributed by atoms with E-state index < -0.39 is 5.60 Å². The van der Waals surface area contributed by atoms with Gasteiger partial charge >= 0.3 is 51.4 Å². The number of aromatic nitrogens is 3. The van der Waals surface area contributed by atoms with E-state index in [2.05, 4.69) is 37.8 Å². The second-order valence-electron chi connectivity index (χ2n) is 14.6. The molecule has 3 heterocycles. The molecule has 1 aliphatic rings. The number of aliphatic hydroxyl groups is 1. The summed E-state index contributed by atoms with van der Waals surface area (Å²) in [5, 5.41) is 15.9. The van der Waals surface area contributed by atoms with Gasteiger partial charge in [0.25, 0.3) is 5.56 Å². The molecular formula is C43H55ClKN7O5. The Labute approximate surface area is 383 Å². The fourth-order valence-electron chi connectivity index (χ4n) is 6.25. The van der Waals surface area contributed by atoms with Crippen LogP contribution in [0.2, 0.25) is 5.02 Å². The van der Waals surface area contributed by atoms with Crippen molar-refractivity contribution in [3.8, 4) is 5.75 Å². The van der Waals surface area contributed by atoms with Gasteiger partial charge in [-0.2, -0.15) is 0 Å². The van der Waals surface area contributed by atoms with Crippen LogP contribution in [-0.2, 0) is 17.8 Å². The van der Waals surface area contributed by atoms with Crippen molar-refractivity contribution in [1.29, 1.82) is 0 Å². The predicted molar refractivity (Wildman–Crippen MR) is 225 cm³/mol. The Bertz CT molecular complexity index is 2060. The maximum atomic E-state index is 12.8. The summed E-state index contributed by atoms with van der Waals surface area (Å²) in [5.41, 5.74) is 7.06. The molecule has 14 heteroatoms. The first-order chi connectivity index (χ1) is 26.9. The van der Waals surface area contributed by atoms with Crippen LogP contribution in [0.4, 0.5) is 0 Å². The third-order valence-corrected chi connectivity index (χ3v) is 9.88. The van der Waals surface area contributed by atoms with Crippen LogP contribution < -0.4 is 67.1 Å². The van der Waals surface area contributed by atoms with E-state index in [0.29, 0.717) is 46.6 Å². The first kappa shape index (κ1) is 48.4. The summed E-state index contributed by atoms with van der Waals surface area (Å²) in [4.78, 5) is 52.5. The van der Waals surface area contributed by atoms with E-state index in [1.807, 2.05) is 70.3 Å². The van der Waals surface area contributed by atoms with E-state index in [-0.39, 0.29) is 69.4 Å². The van der Waals surface area contributed by atoms with Gasteiger partial charge in [-0.1, -0.05) is 54.1 Å². The number of nitrogens with zero attached hydrogens (tertiary/aromatic N) is 6. The molecule has 5 aromatic rings. The third kappa shape index (κ3) is 16.0. The van der Waals surface area contributed by atoms with Crippen molar-refractivity contribution in [3.63, 3.8) is 0 Å². The molecule has 1 saturated heterocycles. The topological polar surface area (TPSA) is 144 Å². The number of fused-ring (bicyclic) bond motifs is 2. The van der Waals surface area contributed by atoms with Gasteiger partial charge in [0.15, 0.2) is 0 Å². The van der Waals surface area contributed by atoms with Gasteiger partial charge in [-0.25, -0.2) is 4.98 Å². The van der Waals surface area contributed by atoms with E-state index in [1.54, 1.807) is 30.3 Å². The van der Waals surface area contributed by atoms with Crippen LogP contribution in [0, 0.1) is 12.8 Å². The van der Waals surface area contributed by atoms with E-state index in [9.17, 15) is 19.5 Å². The number of hydroxylamine groups is 1. The standard InChI is InChI=1S/C19H28N5O3.C13H19NO.C11H8ClNO.K/c1-22(2)11-8-21-27-15-4-5-16-17(12-15)20-14-24(18(16)25)13-19(26)6-9-23(3)10-7-19;1-14-9-5-8-13(11-15)10-12-6-3-2-4-7-12;1-7-4-10(12)9-3-2-8(6-14)5-11(9)13-7;/h4-5,12,14,26H,6-11,13H2,1-3H3;2-4,6-7,11,13-14H,5,8-10H2,1H3;2-6H,1H3;/q-1;;;+1. The molecule has 0 spiro atoms. The first-order valence-electron chi connectivity index (χ1n) is 19.0. The van der Waals surface area contributed by atoms with Crippen molar-refractivity contribution in [3.05, 3.63) is 117 Å². The quantitative estimate of drug-likeness (QED) is 0.0700. The van der Waals surface area contributed by atoms with E-state index in [0.717, 1.165) is 74.6 Å². The SMILES string of the molecule is CN(C)CC[N-]Oc1ccc2c(=O)n(CC3(O)CCN(C)CC3)cnc2c1.CNCCCC(C=O)Cc1ccccc1.Cc1cc(Cl)c2ccc(C=O)cc2n1.[K+]. The number of halogens is 1. The van der Waals surface area contributed by atoms with Crippen LogP contribution in [0.25, 0.3) is 27.3 Å². The Kier molecular flexibility index (Phi) is 21.1. The number of nitrogens with one attached hydrogen (secondary N) is 1. The zero-order valence-corrected chi connectivity index (χ0v) is 38.0. The Balaban J connectivity index is 0.000000247. The molecule has 1 fully saturated rings. The van der Waals surface area contributed by atoms with Gasteiger partial charge in [0.2, 0.25) is 0 Å². The van der Waals surface area contributed by atoms with E-state index in [1.165, 1.54) is 16.5 Å². The number of carbonyl (C=O) groups excluding carboxylic acids is 2. The van der Waals surface area contributed by atoms with Gasteiger partial charge in [0, 0.05) is 41.7 Å². The normalized spacial score (nSPS) is 14.1. The van der Waals surface area contributed by atoms with Crippen molar-refractivity contribution in [2.45, 2.75) is 51.2 Å². The summed E-state index contributed by atoms with van der Waals surface area (Å²) in [6, 6.07) is 22.4. The second kappa shape index (κ2) is 24.9. The Hall–Kier alpha value is -2.92. The van der Waals surface area contributed by atoms with Gasteiger partial charge in [-0.3, -0.25) is 19.1 Å². The molecule has 1 aliphatic heterocycles. The van der Waals surface area contributed by atoms with E-state index in [4.69, 9.17) is 16.4 Å². The van der Waals surface area contributed by atoms with Gasteiger partial charge in [0.05, 0.1) is 39.9 Å². The van der Waals surface area contributed by atoms with Crippen LogP contribution in [-0.4, -0.2) is 109 Å². The van der Waals surface area contributed by atoms with Crippen LogP contribution in [0.1, 0.15) is 47.3 Å². The van der Waals surface area contributed by atoms with Crippen molar-refractivity contribution in [1.82, 2.24) is 29.7 Å². The molecule has 0 aliphatic carbocycles. The van der Waals surface area contributed by atoms with Gasteiger partial charge in [0.1, 0.15) is 18.3 Å². The fraction of sp³-hybridized carbons (Fsp3) is 0.419. The van der Waals surface area contributed by atoms with Crippen LogP contribution >= 0.6 is 11.6 Å². The summed E-state index contributed by atoms with van der Waals surface area (Å²) >= 11 is 6.03. The van der Waals surface area contributed by atoms with Crippen LogP contribution in [0.15, 0.2) is 83.9 Å². The number of pyridine rings is 1. The average Bonchev–Trinajstić information content (AvgIpc) is 3.19. The molecule has 0 saturated carbocycles. The predicted octanol–water partition coefficient (Wildman–Crippen LogP) is 3.14. The summed E-state index contributed by atoms with van der Waals surface area (Å²) in [6.45, 7) is 6.14. The molecular weight excluding hydrogens is 769 g/mol. The Morgan fingerprint density at radius 3 is 2.42 bits per heavy atom. The van der Waals surface area contributed by atoms with E-state index >= 15 is 0 Å². The van der Waals surface area contributed by atoms with Gasteiger partial charge in [-0.15, -0.1) is 6.54 Å². The molecule has 300 valence electrons. The summed E-state index contributed by atoms with van der Waals surface area (Å²) in [6.07, 6.45) is 7.60. The molecule has 6 rings (SSSR count). The minimum absolute atomic E-state index is 0. The largest absolute Gasteiger partial charge is 1.00 e. The minimum Gasteiger partial charge on any atom is -0.587 e. The Morgan fingerprint density at radius 1 is 1.04 bits per heavy atom. The molecule has 0 radical (unpaired) electrons.